The molecule has 2 aromatic rings. The lowest BCUT2D eigenvalue weighted by Crippen LogP contribution is -2.10. The molecular weight excluding hydrogens is 334 g/mol. The Bertz CT molecular complexity index is 761. The molecule has 4 nitrogen and oxygen atoms in total. The van der Waals surface area contributed by atoms with Crippen molar-refractivity contribution < 1.29 is 14.3 Å². The Morgan fingerprint density at radius 2 is 2.04 bits per heavy atom. The molecular formula is C20H19NO3S. The molecule has 0 radical (unpaired) electrons. The molecule has 1 aliphatic heterocycles. The molecule has 0 bridgehead atoms. The zero-order valence-electron chi connectivity index (χ0n) is 13.8. The number of rotatable bonds is 6. The first-order valence-corrected chi connectivity index (χ1v) is 9.24. The second-order valence-electron chi connectivity index (χ2n) is 5.83. The lowest BCUT2D eigenvalue weighted by Gasteiger charge is -2.12. The number of hydrogen-bond acceptors (Lipinski definition) is 5. The number of hydrogen-bond donors (Lipinski definition) is 0. The van der Waals surface area contributed by atoms with Crippen LogP contribution in [0.5, 0.6) is 0 Å². The lowest BCUT2D eigenvalue weighted by molar-refractivity contribution is 0.0468. The summed E-state index contributed by atoms with van der Waals surface area (Å²) in [6, 6.07) is 16.6. The summed E-state index contributed by atoms with van der Waals surface area (Å²) in [4.78, 5) is 13.4. The number of carbonyl (C=O) groups excluding carboxylic acids is 1. The highest BCUT2D eigenvalue weighted by molar-refractivity contribution is 7.99. The normalized spacial score (nSPS) is 16.4. The van der Waals surface area contributed by atoms with Crippen LogP contribution in [-0.2, 0) is 16.1 Å². The highest BCUT2D eigenvalue weighted by Gasteiger charge is 2.18. The van der Waals surface area contributed by atoms with Crippen molar-refractivity contribution in [2.45, 2.75) is 30.4 Å². The molecule has 3 rings (SSSR count). The molecule has 0 aromatic heterocycles. The van der Waals surface area contributed by atoms with Gasteiger partial charge < -0.3 is 9.47 Å². The molecule has 0 amide bonds. The van der Waals surface area contributed by atoms with Gasteiger partial charge in [0, 0.05) is 17.3 Å². The fourth-order valence-electron chi connectivity index (χ4n) is 2.62. The Hall–Kier alpha value is -2.29. The van der Waals surface area contributed by atoms with Gasteiger partial charge in [0.25, 0.3) is 0 Å². The van der Waals surface area contributed by atoms with Crippen molar-refractivity contribution in [1.82, 2.24) is 0 Å². The third-order valence-electron chi connectivity index (χ3n) is 4.01. The predicted molar refractivity (Wildman–Crippen MR) is 96.4 cm³/mol. The van der Waals surface area contributed by atoms with E-state index in [1.807, 2.05) is 18.2 Å². The smallest absolute Gasteiger partial charge is 0.339 e. The maximum absolute atomic E-state index is 12.4. The van der Waals surface area contributed by atoms with Gasteiger partial charge in [-0.3, -0.25) is 0 Å². The average Bonchev–Trinajstić information content (AvgIpc) is 3.18. The van der Waals surface area contributed by atoms with E-state index >= 15 is 0 Å². The molecule has 1 saturated heterocycles. The molecule has 0 unspecified atom stereocenters. The zero-order chi connectivity index (χ0) is 17.5. The van der Waals surface area contributed by atoms with Crippen LogP contribution in [0.4, 0.5) is 0 Å². The minimum atomic E-state index is -0.334. The van der Waals surface area contributed by atoms with E-state index in [4.69, 9.17) is 14.7 Å². The van der Waals surface area contributed by atoms with Crippen molar-refractivity contribution in [1.29, 1.82) is 5.26 Å². The van der Waals surface area contributed by atoms with Crippen LogP contribution in [0.3, 0.4) is 0 Å². The lowest BCUT2D eigenvalue weighted by atomic mass is 10.1. The third kappa shape index (κ3) is 4.85. The second-order valence-corrected chi connectivity index (χ2v) is 6.89. The Balaban J connectivity index is 1.59. The average molecular weight is 353 g/mol. The van der Waals surface area contributed by atoms with Gasteiger partial charge in [-0.25, -0.2) is 4.79 Å². The van der Waals surface area contributed by atoms with Crippen molar-refractivity contribution in [3.8, 4) is 6.07 Å². The summed E-state index contributed by atoms with van der Waals surface area (Å²) in [7, 11) is 0. The number of nitrogens with zero attached hydrogens (tertiary/aromatic N) is 1. The van der Waals surface area contributed by atoms with Crippen LogP contribution in [0.25, 0.3) is 0 Å². The van der Waals surface area contributed by atoms with Crippen LogP contribution in [0.1, 0.15) is 34.3 Å². The predicted octanol–water partition coefficient (Wildman–Crippen LogP) is 4.19. The summed E-state index contributed by atoms with van der Waals surface area (Å²) >= 11 is 1.64. The topological polar surface area (TPSA) is 59.3 Å². The molecule has 5 heteroatoms. The first-order valence-electron chi connectivity index (χ1n) is 8.26. The largest absolute Gasteiger partial charge is 0.457 e. The molecule has 2 aromatic carbocycles. The molecule has 0 aliphatic carbocycles. The number of nitriles is 1. The molecule has 128 valence electrons. The van der Waals surface area contributed by atoms with Crippen molar-refractivity contribution in [2.75, 3.05) is 12.4 Å². The fourth-order valence-corrected chi connectivity index (χ4v) is 3.73. The molecule has 1 atom stereocenters. The number of thioether (sulfide) groups is 1. The monoisotopic (exact) mass is 353 g/mol. The first-order chi connectivity index (χ1) is 12.3. The van der Waals surface area contributed by atoms with Gasteiger partial charge in [0.05, 0.1) is 23.3 Å². The quantitative estimate of drug-likeness (QED) is 0.576. The minimum absolute atomic E-state index is 0.190. The van der Waals surface area contributed by atoms with Crippen molar-refractivity contribution in [2.24, 2.45) is 0 Å². The fraction of sp³-hybridized carbons (Fsp3) is 0.300. The summed E-state index contributed by atoms with van der Waals surface area (Å²) in [6.07, 6.45) is 2.46. The van der Waals surface area contributed by atoms with E-state index in [0.717, 1.165) is 35.7 Å². The van der Waals surface area contributed by atoms with Crippen molar-refractivity contribution in [3.63, 3.8) is 0 Å². The van der Waals surface area contributed by atoms with Crippen LogP contribution in [-0.4, -0.2) is 24.4 Å². The summed E-state index contributed by atoms with van der Waals surface area (Å²) in [5, 5.41) is 8.81. The van der Waals surface area contributed by atoms with Crippen molar-refractivity contribution >= 4 is 17.7 Å². The zero-order valence-corrected chi connectivity index (χ0v) is 14.6. The SMILES string of the molecule is N#Cc1ccc(COC(=O)c2ccccc2SC[C@H]2CCCO2)cc1. The van der Waals surface area contributed by atoms with Gasteiger partial charge in [0.2, 0.25) is 0 Å². The maximum atomic E-state index is 12.4. The minimum Gasteiger partial charge on any atom is -0.457 e. The maximum Gasteiger partial charge on any atom is 0.339 e. The molecule has 25 heavy (non-hydrogen) atoms. The third-order valence-corrected chi connectivity index (χ3v) is 5.21. The molecule has 0 saturated carbocycles. The summed E-state index contributed by atoms with van der Waals surface area (Å²) in [5.74, 6) is 0.514. The van der Waals surface area contributed by atoms with E-state index in [2.05, 4.69) is 6.07 Å². The van der Waals surface area contributed by atoms with E-state index in [0.29, 0.717) is 11.1 Å². The molecule has 0 N–H and O–H groups in total. The second kappa shape index (κ2) is 8.70. The van der Waals surface area contributed by atoms with Crippen LogP contribution < -0.4 is 0 Å². The van der Waals surface area contributed by atoms with Gasteiger partial charge in [0.15, 0.2) is 0 Å². The van der Waals surface area contributed by atoms with Gasteiger partial charge in [-0.1, -0.05) is 24.3 Å². The Kier molecular flexibility index (Phi) is 6.10. The molecule has 1 fully saturated rings. The Morgan fingerprint density at radius 1 is 1.24 bits per heavy atom. The van der Waals surface area contributed by atoms with Gasteiger partial charge in [0.1, 0.15) is 6.61 Å². The van der Waals surface area contributed by atoms with E-state index in [-0.39, 0.29) is 18.7 Å². The summed E-state index contributed by atoms with van der Waals surface area (Å²) < 4.78 is 11.1. The van der Waals surface area contributed by atoms with Crippen LogP contribution in [0.15, 0.2) is 53.4 Å². The van der Waals surface area contributed by atoms with Crippen molar-refractivity contribution in [3.05, 3.63) is 65.2 Å². The Morgan fingerprint density at radius 3 is 2.76 bits per heavy atom. The van der Waals surface area contributed by atoms with E-state index in [9.17, 15) is 4.79 Å². The van der Waals surface area contributed by atoms with E-state index < -0.39 is 0 Å². The highest BCUT2D eigenvalue weighted by Crippen LogP contribution is 2.27. The highest BCUT2D eigenvalue weighted by atomic mass is 32.2. The number of esters is 1. The van der Waals surface area contributed by atoms with Gasteiger partial charge in [-0.05, 0) is 42.7 Å². The van der Waals surface area contributed by atoms with Crippen LogP contribution in [0.2, 0.25) is 0 Å². The number of benzene rings is 2. The number of carbonyl (C=O) groups is 1. The molecule has 0 spiro atoms. The number of ether oxygens (including phenoxy) is 2. The van der Waals surface area contributed by atoms with Crippen LogP contribution >= 0.6 is 11.8 Å². The Labute approximate surface area is 151 Å². The summed E-state index contributed by atoms with van der Waals surface area (Å²) in [5.41, 5.74) is 2.03. The van der Waals surface area contributed by atoms with Gasteiger partial charge in [-0.2, -0.15) is 5.26 Å². The van der Waals surface area contributed by atoms with Gasteiger partial charge >= 0.3 is 5.97 Å². The molecule has 1 heterocycles. The molecule has 1 aliphatic rings. The van der Waals surface area contributed by atoms with Gasteiger partial charge in [-0.15, -0.1) is 11.8 Å². The van der Waals surface area contributed by atoms with E-state index in [1.165, 1.54) is 0 Å². The summed E-state index contributed by atoms with van der Waals surface area (Å²) in [6.45, 7) is 1.02. The first kappa shape index (κ1) is 17.5. The van der Waals surface area contributed by atoms with E-state index in [1.54, 1.807) is 42.1 Å². The van der Waals surface area contributed by atoms with Crippen LogP contribution in [0, 0.1) is 11.3 Å². The standard InChI is InChI=1S/C20H19NO3S/c21-12-15-7-9-16(10-8-15)13-24-20(22)18-5-1-2-6-19(18)25-14-17-4-3-11-23-17/h1-2,5-10,17H,3-4,11,13-14H2/t17-/m1/s1.